The first-order chi connectivity index (χ1) is 13.5. The van der Waals surface area contributed by atoms with Crippen LogP contribution in [0.2, 0.25) is 0 Å². The first-order valence-corrected chi connectivity index (χ1v) is 9.82. The zero-order valence-electron chi connectivity index (χ0n) is 16.6. The first-order valence-electron chi connectivity index (χ1n) is 9.82. The molecule has 5 rings (SSSR count). The minimum atomic E-state index is -0.125. The molecule has 1 aromatic heterocycles. The fourth-order valence-corrected chi connectivity index (χ4v) is 4.58. The summed E-state index contributed by atoms with van der Waals surface area (Å²) < 4.78 is 0. The minimum Gasteiger partial charge on any atom is -0.512 e. The van der Waals surface area contributed by atoms with Crippen molar-refractivity contribution in [2.24, 2.45) is 0 Å². The Morgan fingerprint density at radius 2 is 1.76 bits per heavy atom. The van der Waals surface area contributed by atoms with Gasteiger partial charge in [0.05, 0.1) is 5.76 Å². The number of rotatable bonds is 2. The van der Waals surface area contributed by atoms with Crippen LogP contribution in [0.3, 0.4) is 0 Å². The summed E-state index contributed by atoms with van der Waals surface area (Å²) in [6.45, 7) is 2.85. The predicted octanol–water partition coefficient (Wildman–Crippen LogP) is 6.10. The molecule has 2 aliphatic rings. The molecule has 1 fully saturated rings. The molecule has 1 heterocycles. The van der Waals surface area contributed by atoms with Crippen molar-refractivity contribution in [2.75, 3.05) is 0 Å². The van der Waals surface area contributed by atoms with Crippen molar-refractivity contribution in [2.45, 2.75) is 44.9 Å². The Kier molecular flexibility index (Phi) is 6.66. The van der Waals surface area contributed by atoms with Crippen molar-refractivity contribution in [3.63, 3.8) is 0 Å². The number of fused-ring (bicyclic) bond motifs is 7. The van der Waals surface area contributed by atoms with Crippen molar-refractivity contribution in [1.82, 2.24) is 4.98 Å². The van der Waals surface area contributed by atoms with Crippen LogP contribution in [0, 0.1) is 6.07 Å². The van der Waals surface area contributed by atoms with E-state index < -0.39 is 0 Å². The van der Waals surface area contributed by atoms with E-state index in [1.165, 1.54) is 55.7 Å². The van der Waals surface area contributed by atoms with E-state index in [0.29, 0.717) is 5.92 Å². The number of allylic oxidation sites excluding steroid dienone is 2. The van der Waals surface area contributed by atoms with Crippen LogP contribution < -0.4 is 0 Å². The number of aliphatic hydroxyl groups is 1. The molecule has 1 saturated carbocycles. The SMILES string of the molecule is CC(=O)C=C(C)O.[Ir].[c-]1ccccc1-c1nc2c(c3ccccc13)C1CCC2C1. The number of hydrogen-bond acceptors (Lipinski definition) is 3. The molecule has 29 heavy (non-hydrogen) atoms. The van der Waals surface area contributed by atoms with E-state index in [2.05, 4.69) is 42.5 Å². The molecule has 0 spiro atoms. The van der Waals surface area contributed by atoms with Crippen LogP contribution in [-0.2, 0) is 24.9 Å². The number of aromatic nitrogens is 1. The van der Waals surface area contributed by atoms with Crippen LogP contribution >= 0.6 is 0 Å². The monoisotopic (exact) mass is 563 g/mol. The van der Waals surface area contributed by atoms with Crippen LogP contribution in [0.1, 0.15) is 56.2 Å². The molecule has 151 valence electrons. The van der Waals surface area contributed by atoms with Crippen molar-refractivity contribution < 1.29 is 30.0 Å². The minimum absolute atomic E-state index is 0. The Bertz CT molecular complexity index is 1060. The molecule has 3 nitrogen and oxygen atoms in total. The van der Waals surface area contributed by atoms with Gasteiger partial charge >= 0.3 is 0 Å². The summed E-state index contributed by atoms with van der Waals surface area (Å²) in [6, 6.07) is 20.3. The van der Waals surface area contributed by atoms with E-state index in [0.717, 1.165) is 17.2 Å². The average molecular weight is 563 g/mol. The van der Waals surface area contributed by atoms with E-state index in [1.807, 2.05) is 12.1 Å². The molecule has 2 bridgehead atoms. The molecular formula is C25H24IrNO2-. The van der Waals surface area contributed by atoms with Gasteiger partial charge < -0.3 is 10.1 Å². The third-order valence-corrected chi connectivity index (χ3v) is 5.58. The molecule has 1 N–H and O–H groups in total. The van der Waals surface area contributed by atoms with Gasteiger partial charge in [0.2, 0.25) is 0 Å². The summed E-state index contributed by atoms with van der Waals surface area (Å²) in [5, 5.41) is 11.1. The Hall–Kier alpha value is -2.29. The van der Waals surface area contributed by atoms with Crippen LogP contribution in [0.4, 0.5) is 0 Å². The fourth-order valence-electron chi connectivity index (χ4n) is 4.58. The van der Waals surface area contributed by atoms with E-state index in [4.69, 9.17) is 10.1 Å². The molecule has 0 aliphatic heterocycles. The van der Waals surface area contributed by atoms with E-state index in [9.17, 15) is 4.79 Å². The van der Waals surface area contributed by atoms with Crippen LogP contribution in [0.15, 0.2) is 60.4 Å². The molecule has 4 heteroatoms. The van der Waals surface area contributed by atoms with Gasteiger partial charge in [0.25, 0.3) is 0 Å². The summed E-state index contributed by atoms with van der Waals surface area (Å²) in [6.07, 6.45) is 5.15. The molecule has 1 radical (unpaired) electrons. The Labute approximate surface area is 185 Å². The second kappa shape index (κ2) is 9.02. The summed E-state index contributed by atoms with van der Waals surface area (Å²) in [7, 11) is 0. The Balaban J connectivity index is 0.000000263. The van der Waals surface area contributed by atoms with Crippen molar-refractivity contribution in [3.05, 3.63) is 77.7 Å². The van der Waals surface area contributed by atoms with Crippen molar-refractivity contribution in [1.29, 1.82) is 0 Å². The summed E-state index contributed by atoms with van der Waals surface area (Å²) in [5.41, 5.74) is 5.13. The largest absolute Gasteiger partial charge is 0.512 e. The number of pyridine rings is 1. The number of hydrogen-bond donors (Lipinski definition) is 1. The van der Waals surface area contributed by atoms with Crippen LogP contribution in [0.5, 0.6) is 0 Å². The molecular weight excluding hydrogens is 538 g/mol. The Morgan fingerprint density at radius 1 is 1.07 bits per heavy atom. The van der Waals surface area contributed by atoms with Gasteiger partial charge in [-0.3, -0.25) is 4.79 Å². The zero-order chi connectivity index (χ0) is 19.7. The maximum atomic E-state index is 10.0. The quantitative estimate of drug-likeness (QED) is 0.233. The summed E-state index contributed by atoms with van der Waals surface area (Å²) >= 11 is 0. The maximum Gasteiger partial charge on any atom is 0.155 e. The number of nitrogens with zero attached hydrogens (tertiary/aromatic N) is 1. The van der Waals surface area contributed by atoms with Gasteiger partial charge in [-0.15, -0.1) is 35.9 Å². The number of carbonyl (C=O) groups excluding carboxylic acids is 1. The Morgan fingerprint density at radius 3 is 2.38 bits per heavy atom. The molecule has 0 saturated heterocycles. The zero-order valence-corrected chi connectivity index (χ0v) is 19.0. The summed E-state index contributed by atoms with van der Waals surface area (Å²) in [4.78, 5) is 15.1. The second-order valence-electron chi connectivity index (χ2n) is 7.68. The molecule has 2 unspecified atom stereocenters. The average Bonchev–Trinajstić information content (AvgIpc) is 3.30. The van der Waals surface area contributed by atoms with Gasteiger partial charge in [-0.25, -0.2) is 0 Å². The topological polar surface area (TPSA) is 50.2 Å². The van der Waals surface area contributed by atoms with E-state index >= 15 is 0 Å². The van der Waals surface area contributed by atoms with E-state index in [-0.39, 0.29) is 31.6 Å². The van der Waals surface area contributed by atoms with Gasteiger partial charge in [-0.1, -0.05) is 24.3 Å². The van der Waals surface area contributed by atoms with Crippen LogP contribution in [0.25, 0.3) is 22.0 Å². The number of ketones is 1. The van der Waals surface area contributed by atoms with Crippen molar-refractivity contribution >= 4 is 16.6 Å². The van der Waals surface area contributed by atoms with Gasteiger partial charge in [-0.2, -0.15) is 0 Å². The predicted molar refractivity (Wildman–Crippen MR) is 112 cm³/mol. The van der Waals surface area contributed by atoms with Gasteiger partial charge in [0.1, 0.15) is 0 Å². The van der Waals surface area contributed by atoms with Gasteiger partial charge in [0.15, 0.2) is 5.78 Å². The molecule has 3 aromatic rings. The molecule has 2 atom stereocenters. The van der Waals surface area contributed by atoms with Gasteiger partial charge in [0, 0.05) is 37.8 Å². The number of carbonyl (C=O) groups is 1. The van der Waals surface area contributed by atoms with E-state index in [1.54, 1.807) is 5.56 Å². The third-order valence-electron chi connectivity index (χ3n) is 5.58. The fraction of sp³-hybridized carbons (Fsp3) is 0.280. The molecule has 0 amide bonds. The second-order valence-corrected chi connectivity index (χ2v) is 7.68. The molecule has 2 aliphatic carbocycles. The maximum absolute atomic E-state index is 10.0. The number of benzene rings is 2. The smallest absolute Gasteiger partial charge is 0.155 e. The summed E-state index contributed by atoms with van der Waals surface area (Å²) in [5.74, 6) is 1.38. The van der Waals surface area contributed by atoms with Crippen LogP contribution in [-0.4, -0.2) is 15.9 Å². The normalized spacial score (nSPS) is 19.2. The molecule has 2 aromatic carbocycles. The first kappa shape index (κ1) is 21.4. The van der Waals surface area contributed by atoms with Crippen molar-refractivity contribution in [3.8, 4) is 11.3 Å². The standard InChI is InChI=1S/C20H16N.C5H8O2.Ir/c1-2-6-13(7-3-1)19-17-9-5-4-8-16(17)18-14-10-11-15(12-14)20(18)21-19;1-4(6)3-5(2)7;/h1-6,8-9,14-15H,10-12H2;3,6H,1-2H3;/q-1;;. The van der Waals surface area contributed by atoms with Gasteiger partial charge in [-0.05, 0) is 61.1 Å². The third kappa shape index (κ3) is 4.34. The number of aliphatic hydroxyl groups excluding tert-OH is 1.